The van der Waals surface area contributed by atoms with E-state index in [1.54, 1.807) is 0 Å². The number of nitrogens with one attached hydrogen (secondary N) is 1. The van der Waals surface area contributed by atoms with Crippen molar-refractivity contribution in [3.05, 3.63) is 30.5 Å². The molecule has 2 heterocycles. The van der Waals surface area contributed by atoms with E-state index in [-0.39, 0.29) is 0 Å². The summed E-state index contributed by atoms with van der Waals surface area (Å²) in [6, 6.07) is 8.91. The lowest BCUT2D eigenvalue weighted by molar-refractivity contribution is 0.424. The van der Waals surface area contributed by atoms with Crippen LogP contribution in [-0.4, -0.2) is 35.9 Å². The Hall–Kier alpha value is -1.68. The molecule has 0 aliphatic carbocycles. The van der Waals surface area contributed by atoms with Crippen LogP contribution in [0.15, 0.2) is 30.5 Å². The Bertz CT molecular complexity index is 541. The van der Waals surface area contributed by atoms with E-state index in [0.29, 0.717) is 6.04 Å². The summed E-state index contributed by atoms with van der Waals surface area (Å²) in [5.74, 6) is 0. The zero-order chi connectivity index (χ0) is 13.1. The quantitative estimate of drug-likeness (QED) is 0.914. The van der Waals surface area contributed by atoms with Crippen molar-refractivity contribution in [2.75, 3.05) is 24.5 Å². The Kier molecular flexibility index (Phi) is 3.60. The van der Waals surface area contributed by atoms with Gasteiger partial charge in [-0.25, -0.2) is 0 Å². The van der Waals surface area contributed by atoms with Crippen LogP contribution in [0.4, 0.5) is 5.69 Å². The molecule has 0 amide bonds. The third-order valence-corrected chi connectivity index (χ3v) is 3.85. The van der Waals surface area contributed by atoms with Gasteiger partial charge in [0.2, 0.25) is 0 Å². The van der Waals surface area contributed by atoms with E-state index in [0.717, 1.165) is 25.2 Å². The highest BCUT2D eigenvalue weighted by molar-refractivity contribution is 5.90. The summed E-state index contributed by atoms with van der Waals surface area (Å²) >= 11 is 0. The van der Waals surface area contributed by atoms with E-state index in [1.807, 2.05) is 18.3 Å². The van der Waals surface area contributed by atoms with Crippen LogP contribution in [0.1, 0.15) is 19.8 Å². The fraction of sp³-hybridized carbons (Fsp3) is 0.467. The van der Waals surface area contributed by atoms with Crippen molar-refractivity contribution >= 4 is 16.6 Å². The van der Waals surface area contributed by atoms with Crippen molar-refractivity contribution in [1.82, 2.24) is 15.5 Å². The van der Waals surface area contributed by atoms with Gasteiger partial charge in [-0.05, 0) is 25.5 Å². The van der Waals surface area contributed by atoms with Crippen molar-refractivity contribution < 1.29 is 0 Å². The van der Waals surface area contributed by atoms with Crippen molar-refractivity contribution in [3.8, 4) is 0 Å². The summed E-state index contributed by atoms with van der Waals surface area (Å²) in [7, 11) is 0. The SMILES string of the molecule is CCNC1CCN(c2cnnc3ccccc23)CC1. The number of hydrogen-bond acceptors (Lipinski definition) is 4. The fourth-order valence-corrected chi connectivity index (χ4v) is 2.86. The highest BCUT2D eigenvalue weighted by Gasteiger charge is 2.20. The average molecular weight is 256 g/mol. The smallest absolute Gasteiger partial charge is 0.0950 e. The molecule has 0 atom stereocenters. The van der Waals surface area contributed by atoms with Crippen molar-refractivity contribution in [2.45, 2.75) is 25.8 Å². The molecule has 1 fully saturated rings. The van der Waals surface area contributed by atoms with Gasteiger partial charge in [-0.2, -0.15) is 10.2 Å². The summed E-state index contributed by atoms with van der Waals surface area (Å²) in [5.41, 5.74) is 2.20. The summed E-state index contributed by atoms with van der Waals surface area (Å²) in [6.45, 7) is 5.41. The Morgan fingerprint density at radius 1 is 1.26 bits per heavy atom. The van der Waals surface area contributed by atoms with Crippen LogP contribution < -0.4 is 10.2 Å². The molecule has 0 spiro atoms. The molecule has 0 radical (unpaired) electrons. The molecule has 1 N–H and O–H groups in total. The third kappa shape index (κ3) is 2.54. The number of fused-ring (bicyclic) bond motifs is 1. The van der Waals surface area contributed by atoms with Gasteiger partial charge in [-0.15, -0.1) is 0 Å². The molecule has 19 heavy (non-hydrogen) atoms. The van der Waals surface area contributed by atoms with Gasteiger partial charge >= 0.3 is 0 Å². The summed E-state index contributed by atoms with van der Waals surface area (Å²) in [4.78, 5) is 2.44. The van der Waals surface area contributed by atoms with Gasteiger partial charge in [-0.1, -0.05) is 25.1 Å². The Balaban J connectivity index is 1.82. The predicted octanol–water partition coefficient (Wildman–Crippen LogP) is 2.21. The lowest BCUT2D eigenvalue weighted by Crippen LogP contribution is -2.42. The highest BCUT2D eigenvalue weighted by atomic mass is 15.2. The molecule has 0 saturated carbocycles. The first-order valence-corrected chi connectivity index (χ1v) is 7.07. The highest BCUT2D eigenvalue weighted by Crippen LogP contribution is 2.26. The van der Waals surface area contributed by atoms with Gasteiger partial charge < -0.3 is 10.2 Å². The molecule has 0 unspecified atom stereocenters. The van der Waals surface area contributed by atoms with Gasteiger partial charge in [-0.3, -0.25) is 0 Å². The molecule has 100 valence electrons. The molecule has 1 saturated heterocycles. The number of hydrogen-bond donors (Lipinski definition) is 1. The predicted molar refractivity (Wildman–Crippen MR) is 78.4 cm³/mol. The molecular weight excluding hydrogens is 236 g/mol. The molecular formula is C15H20N4. The molecule has 1 aromatic carbocycles. The minimum Gasteiger partial charge on any atom is -0.370 e. The number of rotatable bonds is 3. The first kappa shape index (κ1) is 12.4. The van der Waals surface area contributed by atoms with Crippen LogP contribution in [0.2, 0.25) is 0 Å². The van der Waals surface area contributed by atoms with Crippen LogP contribution >= 0.6 is 0 Å². The van der Waals surface area contributed by atoms with Gasteiger partial charge in [0.05, 0.1) is 17.4 Å². The normalized spacial score (nSPS) is 17.0. The molecule has 1 aliphatic heterocycles. The number of benzene rings is 1. The number of anilines is 1. The van der Waals surface area contributed by atoms with Gasteiger partial charge in [0.25, 0.3) is 0 Å². The van der Waals surface area contributed by atoms with Gasteiger partial charge in [0, 0.05) is 24.5 Å². The molecule has 0 bridgehead atoms. The average Bonchev–Trinajstić information content (AvgIpc) is 2.48. The van der Waals surface area contributed by atoms with Crippen molar-refractivity contribution in [2.24, 2.45) is 0 Å². The van der Waals surface area contributed by atoms with Crippen LogP contribution in [0.25, 0.3) is 10.9 Å². The van der Waals surface area contributed by atoms with E-state index in [1.165, 1.54) is 23.9 Å². The van der Waals surface area contributed by atoms with Crippen LogP contribution in [0, 0.1) is 0 Å². The summed E-state index contributed by atoms with van der Waals surface area (Å²) < 4.78 is 0. The Morgan fingerprint density at radius 2 is 2.05 bits per heavy atom. The van der Waals surface area contributed by atoms with Crippen molar-refractivity contribution in [1.29, 1.82) is 0 Å². The first-order chi connectivity index (χ1) is 9.38. The molecule has 2 aromatic rings. The fourth-order valence-electron chi connectivity index (χ4n) is 2.86. The van der Waals surface area contributed by atoms with E-state index in [2.05, 4.69) is 39.5 Å². The monoisotopic (exact) mass is 256 g/mol. The van der Waals surface area contributed by atoms with Gasteiger partial charge in [0.15, 0.2) is 0 Å². The van der Waals surface area contributed by atoms with E-state index < -0.39 is 0 Å². The van der Waals surface area contributed by atoms with Crippen LogP contribution in [-0.2, 0) is 0 Å². The lowest BCUT2D eigenvalue weighted by atomic mass is 10.0. The number of piperidine rings is 1. The molecule has 1 aliphatic rings. The molecule has 4 nitrogen and oxygen atoms in total. The first-order valence-electron chi connectivity index (χ1n) is 7.07. The molecule has 3 rings (SSSR count). The van der Waals surface area contributed by atoms with Gasteiger partial charge in [0.1, 0.15) is 0 Å². The maximum absolute atomic E-state index is 4.19. The zero-order valence-electron chi connectivity index (χ0n) is 11.3. The largest absolute Gasteiger partial charge is 0.370 e. The lowest BCUT2D eigenvalue weighted by Gasteiger charge is -2.34. The topological polar surface area (TPSA) is 41.0 Å². The minimum absolute atomic E-state index is 0.669. The third-order valence-electron chi connectivity index (χ3n) is 3.85. The van der Waals surface area contributed by atoms with E-state index in [9.17, 15) is 0 Å². The minimum atomic E-state index is 0.669. The second-order valence-corrected chi connectivity index (χ2v) is 5.07. The molecule has 4 heteroatoms. The number of aromatic nitrogens is 2. The Morgan fingerprint density at radius 3 is 2.84 bits per heavy atom. The van der Waals surface area contributed by atoms with Crippen LogP contribution in [0.3, 0.4) is 0 Å². The maximum Gasteiger partial charge on any atom is 0.0950 e. The summed E-state index contributed by atoms with van der Waals surface area (Å²) in [5, 5.41) is 13.1. The van der Waals surface area contributed by atoms with Crippen molar-refractivity contribution in [3.63, 3.8) is 0 Å². The van der Waals surface area contributed by atoms with Crippen LogP contribution in [0.5, 0.6) is 0 Å². The maximum atomic E-state index is 4.19. The zero-order valence-corrected chi connectivity index (χ0v) is 11.3. The van der Waals surface area contributed by atoms with E-state index >= 15 is 0 Å². The summed E-state index contributed by atoms with van der Waals surface area (Å²) in [6.07, 6.45) is 4.30. The second-order valence-electron chi connectivity index (χ2n) is 5.07. The number of nitrogens with zero attached hydrogens (tertiary/aromatic N) is 3. The van der Waals surface area contributed by atoms with E-state index in [4.69, 9.17) is 0 Å². The standard InChI is InChI=1S/C15H20N4/c1-2-16-12-7-9-19(10-8-12)15-11-17-18-14-6-4-3-5-13(14)15/h3-6,11-12,16H,2,7-10H2,1H3. The Labute approximate surface area is 113 Å². The molecule has 1 aromatic heterocycles. The second kappa shape index (κ2) is 5.53.